The van der Waals surface area contributed by atoms with Gasteiger partial charge < -0.3 is 5.73 Å². The van der Waals surface area contributed by atoms with Gasteiger partial charge in [-0.3, -0.25) is 4.90 Å². The standard InChI is InChI=1S/C17H24N2S2/c1-3-15(18)16(17-12(2)8-10-21-17)19(13-6-7-13)11-14-5-4-9-20-14/h4-5,8-10,13,15-16H,3,6-7,11,18H2,1-2H3. The van der Waals surface area contributed by atoms with Crippen molar-refractivity contribution in [2.45, 2.75) is 57.8 Å². The van der Waals surface area contributed by atoms with Crippen LogP contribution in [-0.2, 0) is 6.54 Å². The van der Waals surface area contributed by atoms with E-state index in [4.69, 9.17) is 5.73 Å². The number of rotatable bonds is 7. The molecule has 4 heteroatoms. The third-order valence-electron chi connectivity index (χ3n) is 4.34. The summed E-state index contributed by atoms with van der Waals surface area (Å²) in [6.45, 7) is 5.46. The van der Waals surface area contributed by atoms with Gasteiger partial charge in [0.15, 0.2) is 0 Å². The molecule has 0 spiro atoms. The van der Waals surface area contributed by atoms with E-state index < -0.39 is 0 Å². The van der Waals surface area contributed by atoms with Gasteiger partial charge in [0.1, 0.15) is 0 Å². The number of nitrogens with zero attached hydrogens (tertiary/aromatic N) is 1. The summed E-state index contributed by atoms with van der Waals surface area (Å²) in [7, 11) is 0. The Labute approximate surface area is 135 Å². The van der Waals surface area contributed by atoms with Crippen molar-refractivity contribution in [1.29, 1.82) is 0 Å². The molecule has 2 nitrogen and oxygen atoms in total. The topological polar surface area (TPSA) is 29.3 Å². The Balaban J connectivity index is 1.90. The summed E-state index contributed by atoms with van der Waals surface area (Å²) in [6, 6.07) is 7.92. The van der Waals surface area contributed by atoms with Gasteiger partial charge in [-0.25, -0.2) is 0 Å². The maximum absolute atomic E-state index is 6.54. The summed E-state index contributed by atoms with van der Waals surface area (Å²) in [6.07, 6.45) is 3.67. The average Bonchev–Trinajstić information content (AvgIpc) is 3.05. The summed E-state index contributed by atoms with van der Waals surface area (Å²) >= 11 is 3.72. The molecule has 0 aromatic carbocycles. The van der Waals surface area contributed by atoms with Gasteiger partial charge in [-0.05, 0) is 54.6 Å². The van der Waals surface area contributed by atoms with E-state index in [9.17, 15) is 0 Å². The van der Waals surface area contributed by atoms with Crippen molar-refractivity contribution in [3.63, 3.8) is 0 Å². The van der Waals surface area contributed by atoms with Gasteiger partial charge in [0.2, 0.25) is 0 Å². The molecule has 1 saturated carbocycles. The van der Waals surface area contributed by atoms with E-state index in [1.54, 1.807) is 0 Å². The van der Waals surface area contributed by atoms with Gasteiger partial charge >= 0.3 is 0 Å². The Morgan fingerprint density at radius 2 is 2.10 bits per heavy atom. The maximum Gasteiger partial charge on any atom is 0.0601 e. The number of thiophene rings is 2. The van der Waals surface area contributed by atoms with Crippen LogP contribution in [0.4, 0.5) is 0 Å². The minimum Gasteiger partial charge on any atom is -0.326 e. The Hall–Kier alpha value is -0.680. The lowest BCUT2D eigenvalue weighted by atomic mass is 10.00. The van der Waals surface area contributed by atoms with Gasteiger partial charge in [0.05, 0.1) is 6.04 Å². The molecular weight excluding hydrogens is 296 g/mol. The highest BCUT2D eigenvalue weighted by molar-refractivity contribution is 7.10. The van der Waals surface area contributed by atoms with E-state index in [0.29, 0.717) is 6.04 Å². The molecule has 0 aliphatic heterocycles. The Morgan fingerprint density at radius 1 is 1.29 bits per heavy atom. The molecular formula is C17H24N2S2. The molecule has 21 heavy (non-hydrogen) atoms. The van der Waals surface area contributed by atoms with E-state index in [-0.39, 0.29) is 6.04 Å². The number of hydrogen-bond donors (Lipinski definition) is 1. The van der Waals surface area contributed by atoms with Crippen molar-refractivity contribution in [3.8, 4) is 0 Å². The van der Waals surface area contributed by atoms with Crippen LogP contribution in [0.2, 0.25) is 0 Å². The summed E-state index contributed by atoms with van der Waals surface area (Å²) in [5.41, 5.74) is 7.94. The Morgan fingerprint density at radius 3 is 2.62 bits per heavy atom. The molecule has 1 aliphatic carbocycles. The summed E-state index contributed by atoms with van der Waals surface area (Å²) in [4.78, 5) is 5.58. The highest BCUT2D eigenvalue weighted by Crippen LogP contribution is 2.40. The van der Waals surface area contributed by atoms with Crippen LogP contribution in [0.5, 0.6) is 0 Å². The number of aryl methyl sites for hydroxylation is 1. The summed E-state index contributed by atoms with van der Waals surface area (Å²) in [5, 5.41) is 4.38. The molecule has 2 N–H and O–H groups in total. The molecule has 2 unspecified atom stereocenters. The zero-order chi connectivity index (χ0) is 14.8. The predicted octanol–water partition coefficient (Wildman–Crippen LogP) is 4.56. The predicted molar refractivity (Wildman–Crippen MR) is 92.9 cm³/mol. The third kappa shape index (κ3) is 3.39. The van der Waals surface area contributed by atoms with E-state index >= 15 is 0 Å². The van der Waals surface area contributed by atoms with Gasteiger partial charge in [-0.1, -0.05) is 13.0 Å². The fraction of sp³-hybridized carbons (Fsp3) is 0.529. The first-order valence-corrected chi connectivity index (χ1v) is 9.54. The van der Waals surface area contributed by atoms with E-state index in [0.717, 1.165) is 19.0 Å². The third-order valence-corrected chi connectivity index (χ3v) is 6.29. The molecule has 1 aliphatic rings. The van der Waals surface area contributed by atoms with Crippen molar-refractivity contribution in [2.24, 2.45) is 5.73 Å². The second-order valence-corrected chi connectivity index (χ2v) is 7.95. The second kappa shape index (κ2) is 6.61. The fourth-order valence-electron chi connectivity index (χ4n) is 2.94. The van der Waals surface area contributed by atoms with Crippen molar-refractivity contribution < 1.29 is 0 Å². The van der Waals surface area contributed by atoms with Crippen molar-refractivity contribution >= 4 is 22.7 Å². The molecule has 3 rings (SSSR count). The first kappa shape index (κ1) is 15.2. The van der Waals surface area contributed by atoms with E-state index in [2.05, 4.69) is 47.7 Å². The molecule has 114 valence electrons. The van der Waals surface area contributed by atoms with E-state index in [1.165, 1.54) is 28.2 Å². The number of nitrogens with two attached hydrogens (primary N) is 1. The van der Waals surface area contributed by atoms with Crippen LogP contribution in [0.1, 0.15) is 47.5 Å². The second-order valence-electron chi connectivity index (χ2n) is 5.97. The van der Waals surface area contributed by atoms with Gasteiger partial charge in [-0.15, -0.1) is 22.7 Å². The van der Waals surface area contributed by atoms with Crippen LogP contribution in [0.25, 0.3) is 0 Å². The largest absolute Gasteiger partial charge is 0.326 e. The van der Waals surface area contributed by atoms with Crippen LogP contribution in [0, 0.1) is 6.92 Å². The van der Waals surface area contributed by atoms with E-state index in [1.807, 2.05) is 22.7 Å². The lowest BCUT2D eigenvalue weighted by molar-refractivity contribution is 0.154. The molecule has 1 fully saturated rings. The molecule has 2 atom stereocenters. The van der Waals surface area contributed by atoms with Crippen LogP contribution in [-0.4, -0.2) is 17.0 Å². The van der Waals surface area contributed by atoms with Crippen LogP contribution < -0.4 is 5.73 Å². The normalized spacial score (nSPS) is 18.1. The zero-order valence-corrected chi connectivity index (χ0v) is 14.4. The summed E-state index contributed by atoms with van der Waals surface area (Å²) < 4.78 is 0. The first-order valence-electron chi connectivity index (χ1n) is 7.78. The van der Waals surface area contributed by atoms with Gasteiger partial charge in [0, 0.05) is 28.4 Å². The van der Waals surface area contributed by atoms with Crippen molar-refractivity contribution in [2.75, 3.05) is 0 Å². The van der Waals surface area contributed by atoms with Crippen molar-refractivity contribution in [1.82, 2.24) is 4.90 Å². The van der Waals surface area contributed by atoms with Crippen LogP contribution in [0.15, 0.2) is 29.0 Å². The Bertz CT molecular complexity index is 557. The highest BCUT2D eigenvalue weighted by Gasteiger charge is 2.38. The number of hydrogen-bond acceptors (Lipinski definition) is 4. The summed E-state index contributed by atoms with van der Waals surface area (Å²) in [5.74, 6) is 0. The lowest BCUT2D eigenvalue weighted by Crippen LogP contribution is -2.41. The molecule has 2 heterocycles. The monoisotopic (exact) mass is 320 g/mol. The maximum atomic E-state index is 6.54. The zero-order valence-electron chi connectivity index (χ0n) is 12.8. The SMILES string of the molecule is CCC(N)C(c1sccc1C)N(Cc1cccs1)C1CC1. The highest BCUT2D eigenvalue weighted by atomic mass is 32.1. The molecule has 2 aromatic rings. The average molecular weight is 321 g/mol. The molecule has 0 saturated heterocycles. The minimum atomic E-state index is 0.211. The fourth-order valence-corrected chi connectivity index (χ4v) is 4.78. The molecule has 0 radical (unpaired) electrons. The van der Waals surface area contributed by atoms with Crippen molar-refractivity contribution in [3.05, 3.63) is 44.3 Å². The molecule has 0 amide bonds. The minimum absolute atomic E-state index is 0.211. The van der Waals surface area contributed by atoms with Gasteiger partial charge in [-0.2, -0.15) is 0 Å². The molecule has 2 aromatic heterocycles. The molecule has 0 bridgehead atoms. The van der Waals surface area contributed by atoms with Gasteiger partial charge in [0.25, 0.3) is 0 Å². The quantitative estimate of drug-likeness (QED) is 0.810. The van der Waals surface area contributed by atoms with Crippen LogP contribution >= 0.6 is 22.7 Å². The van der Waals surface area contributed by atoms with Crippen LogP contribution in [0.3, 0.4) is 0 Å². The first-order chi connectivity index (χ1) is 10.2. The smallest absolute Gasteiger partial charge is 0.0601 e. The lowest BCUT2D eigenvalue weighted by Gasteiger charge is -2.35. The Kier molecular flexibility index (Phi) is 4.79.